The molecule has 1 aromatic carbocycles. The summed E-state index contributed by atoms with van der Waals surface area (Å²) in [6.45, 7) is 0.792. The summed E-state index contributed by atoms with van der Waals surface area (Å²) in [5.74, 6) is -3.04. The topological polar surface area (TPSA) is 180 Å². The van der Waals surface area contributed by atoms with Gasteiger partial charge >= 0.3 is 24.1 Å². The SMILES string of the molecule is COc1ccc(CNC(=O)[C@@H](CC2CCCCC2)NC(=O)N[C@@H](CCCCN)C(=O)O)cc1.O=C(O)C(F)(F)F. The van der Waals surface area contributed by atoms with Crippen LogP contribution in [-0.2, 0) is 20.9 Å². The van der Waals surface area contributed by atoms with Crippen LogP contribution in [0, 0.1) is 5.92 Å². The summed E-state index contributed by atoms with van der Waals surface area (Å²) in [4.78, 5) is 46.0. The number of benzene rings is 1. The predicted octanol–water partition coefficient (Wildman–Crippen LogP) is 3.17. The molecule has 2 rings (SSSR count). The highest BCUT2D eigenvalue weighted by Gasteiger charge is 2.38. The third-order valence-corrected chi connectivity index (χ3v) is 6.33. The lowest BCUT2D eigenvalue weighted by Crippen LogP contribution is -2.53. The molecule has 0 spiro atoms. The number of nitrogens with two attached hydrogens (primary N) is 1. The number of rotatable bonds is 13. The van der Waals surface area contributed by atoms with E-state index in [2.05, 4.69) is 16.0 Å². The maximum atomic E-state index is 13.0. The molecule has 0 radical (unpaired) electrons. The minimum atomic E-state index is -5.08. The zero-order valence-corrected chi connectivity index (χ0v) is 22.5. The molecular weight excluding hydrogens is 537 g/mol. The third-order valence-electron chi connectivity index (χ3n) is 6.33. The fourth-order valence-electron chi connectivity index (χ4n) is 4.15. The van der Waals surface area contributed by atoms with E-state index in [0.717, 1.165) is 37.0 Å². The fourth-order valence-corrected chi connectivity index (χ4v) is 4.15. The number of hydrogen-bond acceptors (Lipinski definition) is 6. The number of nitrogens with one attached hydrogen (secondary N) is 3. The summed E-state index contributed by atoms with van der Waals surface area (Å²) in [7, 11) is 1.59. The number of hydrogen-bond donors (Lipinski definition) is 6. The minimum Gasteiger partial charge on any atom is -0.497 e. The van der Waals surface area contributed by atoms with Gasteiger partial charge in [0.25, 0.3) is 0 Å². The average Bonchev–Trinajstić information content (AvgIpc) is 2.91. The van der Waals surface area contributed by atoms with E-state index in [4.69, 9.17) is 20.4 Å². The van der Waals surface area contributed by atoms with Crippen LogP contribution >= 0.6 is 0 Å². The molecule has 0 aromatic heterocycles. The number of carboxylic acid groups (broad SMARTS) is 2. The van der Waals surface area contributed by atoms with Gasteiger partial charge in [-0.3, -0.25) is 4.79 Å². The number of halogens is 3. The van der Waals surface area contributed by atoms with Crippen LogP contribution < -0.4 is 26.4 Å². The average molecular weight is 577 g/mol. The van der Waals surface area contributed by atoms with Gasteiger partial charge in [0.15, 0.2) is 0 Å². The Hall–Kier alpha value is -3.55. The first kappa shape index (κ1) is 34.5. The van der Waals surface area contributed by atoms with Crippen LogP contribution in [0.15, 0.2) is 24.3 Å². The number of carbonyl (C=O) groups is 4. The zero-order chi connectivity index (χ0) is 30.1. The summed E-state index contributed by atoms with van der Waals surface area (Å²) in [6, 6.07) is 4.99. The first-order valence-corrected chi connectivity index (χ1v) is 13.1. The van der Waals surface area contributed by atoms with E-state index in [-0.39, 0.29) is 12.3 Å². The Morgan fingerprint density at radius 1 is 1.00 bits per heavy atom. The number of alkyl halides is 3. The molecule has 11 nitrogen and oxygen atoms in total. The highest BCUT2D eigenvalue weighted by atomic mass is 19.4. The van der Waals surface area contributed by atoms with Gasteiger partial charge in [0.05, 0.1) is 7.11 Å². The Morgan fingerprint density at radius 3 is 2.08 bits per heavy atom. The van der Waals surface area contributed by atoms with E-state index in [1.165, 1.54) is 6.42 Å². The molecule has 0 unspecified atom stereocenters. The molecule has 1 saturated carbocycles. The molecule has 0 aliphatic heterocycles. The smallest absolute Gasteiger partial charge is 0.490 e. The van der Waals surface area contributed by atoms with Gasteiger partial charge in [-0.1, -0.05) is 44.2 Å². The summed E-state index contributed by atoms with van der Waals surface area (Å²) in [5, 5.41) is 24.7. The number of carbonyl (C=O) groups excluding carboxylic acids is 2. The highest BCUT2D eigenvalue weighted by Crippen LogP contribution is 2.27. The number of carboxylic acids is 2. The van der Waals surface area contributed by atoms with Crippen LogP contribution in [0.1, 0.15) is 63.4 Å². The Labute approximate surface area is 231 Å². The molecule has 0 bridgehead atoms. The van der Waals surface area contributed by atoms with E-state index in [1.807, 2.05) is 24.3 Å². The van der Waals surface area contributed by atoms with E-state index in [1.54, 1.807) is 7.11 Å². The molecule has 2 atom stereocenters. The molecule has 1 fully saturated rings. The highest BCUT2D eigenvalue weighted by molar-refractivity contribution is 5.88. The number of unbranched alkanes of at least 4 members (excludes halogenated alkanes) is 1. The maximum absolute atomic E-state index is 13.0. The number of aliphatic carboxylic acids is 2. The normalized spacial score (nSPS) is 15.0. The van der Waals surface area contributed by atoms with Crippen molar-refractivity contribution in [2.45, 2.75) is 82.6 Å². The van der Waals surface area contributed by atoms with Crippen molar-refractivity contribution in [2.24, 2.45) is 11.7 Å². The Bertz CT molecular complexity index is 939. The summed E-state index contributed by atoms with van der Waals surface area (Å²) in [6.07, 6.45) is 2.53. The van der Waals surface area contributed by atoms with Gasteiger partial charge in [-0.05, 0) is 55.8 Å². The first-order chi connectivity index (χ1) is 18.9. The van der Waals surface area contributed by atoms with Gasteiger partial charge in [-0.2, -0.15) is 13.2 Å². The standard InChI is InChI=1S/C24H38N4O5.C2HF3O2/c1-33-19-12-10-18(11-13-19)16-26-22(29)21(15-17-7-3-2-4-8-17)28-24(32)27-20(23(30)31)9-5-6-14-25;3-2(4,5)1(6)7/h10-13,17,20-21H,2-9,14-16,25H2,1H3,(H,26,29)(H,30,31)(H2,27,28,32);(H,6,7)/t20-,21+;/m0./s1. The molecule has 0 saturated heterocycles. The summed E-state index contributed by atoms with van der Waals surface area (Å²) >= 11 is 0. The van der Waals surface area contributed by atoms with E-state index >= 15 is 0 Å². The van der Waals surface area contributed by atoms with Crippen LogP contribution in [0.2, 0.25) is 0 Å². The van der Waals surface area contributed by atoms with Crippen molar-refractivity contribution in [1.29, 1.82) is 0 Å². The Kier molecular flexibility index (Phi) is 15.4. The second kappa shape index (κ2) is 17.9. The number of ether oxygens (including phenoxy) is 1. The van der Waals surface area contributed by atoms with Crippen molar-refractivity contribution in [1.82, 2.24) is 16.0 Å². The molecule has 14 heteroatoms. The van der Waals surface area contributed by atoms with E-state index in [9.17, 15) is 32.7 Å². The second-order valence-electron chi connectivity index (χ2n) is 9.45. The molecule has 7 N–H and O–H groups in total. The van der Waals surface area contributed by atoms with Crippen LogP contribution in [0.3, 0.4) is 0 Å². The van der Waals surface area contributed by atoms with Crippen molar-refractivity contribution in [3.63, 3.8) is 0 Å². The largest absolute Gasteiger partial charge is 0.497 e. The lowest BCUT2D eigenvalue weighted by molar-refractivity contribution is -0.192. The van der Waals surface area contributed by atoms with Gasteiger partial charge in [0.2, 0.25) is 5.91 Å². The minimum absolute atomic E-state index is 0.276. The molecular formula is C26H39F3N4O7. The van der Waals surface area contributed by atoms with E-state index in [0.29, 0.717) is 38.3 Å². The zero-order valence-electron chi connectivity index (χ0n) is 22.5. The summed E-state index contributed by atoms with van der Waals surface area (Å²) in [5.41, 5.74) is 6.38. The lowest BCUT2D eigenvalue weighted by Gasteiger charge is -2.27. The number of methoxy groups -OCH3 is 1. The molecule has 226 valence electrons. The lowest BCUT2D eigenvalue weighted by atomic mass is 9.84. The van der Waals surface area contributed by atoms with Crippen molar-refractivity contribution < 1.29 is 47.3 Å². The van der Waals surface area contributed by atoms with Crippen molar-refractivity contribution in [3.05, 3.63) is 29.8 Å². The monoisotopic (exact) mass is 576 g/mol. The molecule has 40 heavy (non-hydrogen) atoms. The van der Waals surface area contributed by atoms with Crippen LogP contribution in [0.4, 0.5) is 18.0 Å². The molecule has 3 amide bonds. The number of amides is 3. The van der Waals surface area contributed by atoms with Gasteiger partial charge in [-0.25, -0.2) is 14.4 Å². The Balaban J connectivity index is 0.00000101. The van der Waals surface area contributed by atoms with Crippen molar-refractivity contribution in [2.75, 3.05) is 13.7 Å². The van der Waals surface area contributed by atoms with E-state index < -0.39 is 36.2 Å². The quantitative estimate of drug-likeness (QED) is 0.194. The molecule has 1 aromatic rings. The van der Waals surface area contributed by atoms with Crippen LogP contribution in [0.5, 0.6) is 5.75 Å². The van der Waals surface area contributed by atoms with Gasteiger partial charge in [-0.15, -0.1) is 0 Å². The van der Waals surface area contributed by atoms with Crippen molar-refractivity contribution in [3.8, 4) is 5.75 Å². The fraction of sp³-hybridized carbons (Fsp3) is 0.615. The van der Waals surface area contributed by atoms with Gasteiger partial charge < -0.3 is 36.6 Å². The van der Waals surface area contributed by atoms with Crippen LogP contribution in [-0.4, -0.2) is 66.0 Å². The maximum Gasteiger partial charge on any atom is 0.490 e. The van der Waals surface area contributed by atoms with Gasteiger partial charge in [0, 0.05) is 6.54 Å². The first-order valence-electron chi connectivity index (χ1n) is 13.1. The molecule has 1 aliphatic rings. The third kappa shape index (κ3) is 14.0. The Morgan fingerprint density at radius 2 is 1.57 bits per heavy atom. The number of urea groups is 1. The van der Waals surface area contributed by atoms with Crippen molar-refractivity contribution >= 4 is 23.9 Å². The summed E-state index contributed by atoms with van der Waals surface area (Å²) < 4.78 is 36.9. The molecule has 0 heterocycles. The van der Waals surface area contributed by atoms with Gasteiger partial charge in [0.1, 0.15) is 17.8 Å². The second-order valence-corrected chi connectivity index (χ2v) is 9.45. The molecule has 1 aliphatic carbocycles. The van der Waals surface area contributed by atoms with Crippen LogP contribution in [0.25, 0.3) is 0 Å². The predicted molar refractivity (Wildman–Crippen MR) is 140 cm³/mol.